The largest absolute Gasteiger partial charge is 0.466 e. The van der Waals surface area contributed by atoms with Gasteiger partial charge in [0.1, 0.15) is 5.75 Å². The second kappa shape index (κ2) is 7.31. The fraction of sp³-hybridized carbons (Fsp3) is 0.444. The Bertz CT molecular complexity index is 753. The lowest BCUT2D eigenvalue weighted by Crippen LogP contribution is -2.47. The maximum absolute atomic E-state index is 12.6. The maximum Gasteiger partial charge on any atom is 0.387 e. The number of esters is 1. The van der Waals surface area contributed by atoms with Gasteiger partial charge >= 0.3 is 18.6 Å². The number of carbonyl (C=O) groups is 2. The van der Waals surface area contributed by atoms with Crippen molar-refractivity contribution in [1.82, 2.24) is 9.80 Å². The van der Waals surface area contributed by atoms with E-state index in [9.17, 15) is 18.4 Å². The molecule has 0 saturated carbocycles. The quantitative estimate of drug-likeness (QED) is 0.765. The number of halogens is 2. The van der Waals surface area contributed by atoms with Gasteiger partial charge < -0.3 is 19.3 Å². The molecule has 2 amide bonds. The molecule has 0 aliphatic carbocycles. The predicted molar refractivity (Wildman–Crippen MR) is 90.9 cm³/mol. The van der Waals surface area contributed by atoms with Crippen molar-refractivity contribution in [2.24, 2.45) is 0 Å². The number of methoxy groups -OCH3 is 1. The summed E-state index contributed by atoms with van der Waals surface area (Å²) in [6, 6.07) is 2.30. The van der Waals surface area contributed by atoms with Gasteiger partial charge in [0.15, 0.2) is 0 Å². The van der Waals surface area contributed by atoms with Crippen LogP contribution in [0.15, 0.2) is 23.4 Å². The molecule has 0 bridgehead atoms. The topological polar surface area (TPSA) is 59.1 Å². The van der Waals surface area contributed by atoms with E-state index in [4.69, 9.17) is 4.74 Å². The third-order valence-corrected chi connectivity index (χ3v) is 4.55. The van der Waals surface area contributed by atoms with Crippen LogP contribution in [-0.4, -0.2) is 49.6 Å². The molecular weight excluding hydrogens is 346 g/mol. The number of nitrogens with zero attached hydrogens (tertiary/aromatic N) is 2. The second-order valence-corrected chi connectivity index (χ2v) is 6.21. The Kier molecular flexibility index (Phi) is 5.53. The first-order valence-corrected chi connectivity index (χ1v) is 7.95. The van der Waals surface area contributed by atoms with Gasteiger partial charge in [-0.15, -0.1) is 0 Å². The van der Waals surface area contributed by atoms with Gasteiger partial charge in [0.2, 0.25) is 0 Å². The fourth-order valence-electron chi connectivity index (χ4n) is 3.24. The highest BCUT2D eigenvalue weighted by atomic mass is 19.3. The number of rotatable bonds is 4. The van der Waals surface area contributed by atoms with E-state index in [2.05, 4.69) is 4.74 Å². The van der Waals surface area contributed by atoms with Crippen molar-refractivity contribution in [2.45, 2.75) is 33.4 Å². The first kappa shape index (κ1) is 19.7. The van der Waals surface area contributed by atoms with Crippen LogP contribution < -0.4 is 4.74 Å². The zero-order valence-corrected chi connectivity index (χ0v) is 15.6. The molecule has 142 valence electrons. The molecule has 6 nitrogen and oxygen atoms in total. The maximum atomic E-state index is 12.6. The molecule has 0 unspecified atom stereocenters. The number of allylic oxidation sites excluding steroid dienone is 1. The number of ether oxygens (including phenoxy) is 2. The van der Waals surface area contributed by atoms with Crippen molar-refractivity contribution in [3.8, 4) is 5.75 Å². The SMILES string of the molecule is COC(=O)C1=C(C)N(C)C(=O)N(C)[C@H]1c1cc(C)c(OC(F)F)c(C)c1. The first-order valence-electron chi connectivity index (χ1n) is 7.95. The van der Waals surface area contributed by atoms with Gasteiger partial charge in [-0.25, -0.2) is 9.59 Å². The molecule has 0 aromatic heterocycles. The van der Waals surface area contributed by atoms with Gasteiger partial charge in [-0.1, -0.05) is 0 Å². The first-order chi connectivity index (χ1) is 12.1. The van der Waals surface area contributed by atoms with E-state index in [1.165, 1.54) is 16.9 Å². The Morgan fingerprint density at radius 1 is 1.15 bits per heavy atom. The van der Waals surface area contributed by atoms with E-state index >= 15 is 0 Å². The fourth-order valence-corrected chi connectivity index (χ4v) is 3.24. The number of aryl methyl sites for hydroxylation is 2. The Morgan fingerprint density at radius 2 is 1.69 bits per heavy atom. The monoisotopic (exact) mass is 368 g/mol. The van der Waals surface area contributed by atoms with Crippen molar-refractivity contribution in [2.75, 3.05) is 21.2 Å². The molecule has 26 heavy (non-hydrogen) atoms. The minimum atomic E-state index is -2.93. The normalized spacial score (nSPS) is 17.9. The number of likely N-dealkylation sites (N-methyl/N-ethyl adjacent to an activating group) is 1. The minimum Gasteiger partial charge on any atom is -0.466 e. The number of hydrogen-bond acceptors (Lipinski definition) is 4. The molecule has 1 aromatic rings. The highest BCUT2D eigenvalue weighted by Crippen LogP contribution is 2.38. The summed E-state index contributed by atoms with van der Waals surface area (Å²) in [5.41, 5.74) is 2.39. The van der Waals surface area contributed by atoms with Crippen LogP contribution in [0.1, 0.15) is 29.7 Å². The number of alkyl halides is 2. The summed E-state index contributed by atoms with van der Waals surface area (Å²) in [5, 5.41) is 0. The molecule has 8 heteroatoms. The van der Waals surface area contributed by atoms with Gasteiger partial charge in [-0.3, -0.25) is 0 Å². The zero-order chi connectivity index (χ0) is 19.8. The molecule has 0 radical (unpaired) electrons. The predicted octanol–water partition coefficient (Wildman–Crippen LogP) is 3.39. The Hall–Kier alpha value is -2.64. The molecule has 1 heterocycles. The number of amides is 2. The van der Waals surface area contributed by atoms with Gasteiger partial charge in [0.25, 0.3) is 0 Å². The Morgan fingerprint density at radius 3 is 2.15 bits per heavy atom. The standard InChI is InChI=1S/C18H22F2N2O4/c1-9-7-12(8-10(2)15(9)26-17(19)20)14-13(16(23)25-6)11(3)21(4)18(24)22(14)5/h7-8,14,17H,1-6H3/t14-/m0/s1. The summed E-state index contributed by atoms with van der Waals surface area (Å²) in [6.45, 7) is 2.01. The van der Waals surface area contributed by atoms with Gasteiger partial charge in [0.05, 0.1) is 18.7 Å². The van der Waals surface area contributed by atoms with Crippen LogP contribution in [0.25, 0.3) is 0 Å². The van der Waals surface area contributed by atoms with Gasteiger partial charge in [0, 0.05) is 19.8 Å². The molecule has 0 fully saturated rings. The smallest absolute Gasteiger partial charge is 0.387 e. The van der Waals surface area contributed by atoms with Crippen molar-refractivity contribution in [1.29, 1.82) is 0 Å². The molecule has 1 aliphatic rings. The van der Waals surface area contributed by atoms with Crippen molar-refractivity contribution < 1.29 is 27.8 Å². The highest BCUT2D eigenvalue weighted by Gasteiger charge is 2.39. The van der Waals surface area contributed by atoms with E-state index in [0.29, 0.717) is 28.0 Å². The molecule has 1 atom stereocenters. The van der Waals surface area contributed by atoms with E-state index < -0.39 is 18.6 Å². The summed E-state index contributed by atoms with van der Waals surface area (Å²) in [7, 11) is 4.42. The van der Waals surface area contributed by atoms with Crippen LogP contribution in [0, 0.1) is 13.8 Å². The molecule has 0 spiro atoms. The van der Waals surface area contributed by atoms with Crippen LogP contribution in [0.5, 0.6) is 5.75 Å². The van der Waals surface area contributed by atoms with Crippen molar-refractivity contribution in [3.63, 3.8) is 0 Å². The molecule has 0 N–H and O–H groups in total. The molecule has 1 aromatic carbocycles. The lowest BCUT2D eigenvalue weighted by Gasteiger charge is -2.39. The summed E-state index contributed by atoms with van der Waals surface area (Å²) >= 11 is 0. The van der Waals surface area contributed by atoms with E-state index in [1.807, 2.05) is 0 Å². The third-order valence-electron chi connectivity index (χ3n) is 4.55. The zero-order valence-electron chi connectivity index (χ0n) is 15.6. The van der Waals surface area contributed by atoms with Crippen LogP contribution in [0.2, 0.25) is 0 Å². The lowest BCUT2D eigenvalue weighted by atomic mass is 9.91. The molecule has 0 saturated heterocycles. The number of urea groups is 1. The summed E-state index contributed by atoms with van der Waals surface area (Å²) in [5.74, 6) is -0.465. The average Bonchev–Trinajstić information content (AvgIpc) is 2.58. The summed E-state index contributed by atoms with van der Waals surface area (Å²) in [6.07, 6.45) is 0. The van der Waals surface area contributed by atoms with Gasteiger partial charge in [-0.2, -0.15) is 8.78 Å². The van der Waals surface area contributed by atoms with Crippen LogP contribution >= 0.6 is 0 Å². The third kappa shape index (κ3) is 3.36. The minimum absolute atomic E-state index is 0.0889. The van der Waals surface area contributed by atoms with Crippen molar-refractivity contribution in [3.05, 3.63) is 40.1 Å². The highest BCUT2D eigenvalue weighted by molar-refractivity contribution is 5.94. The molecule has 1 aliphatic heterocycles. The van der Waals surface area contributed by atoms with E-state index in [0.717, 1.165) is 0 Å². The molecule has 2 rings (SSSR count). The lowest BCUT2D eigenvalue weighted by molar-refractivity contribution is -0.137. The number of benzene rings is 1. The number of hydrogen-bond donors (Lipinski definition) is 0. The Labute approximate surface area is 151 Å². The van der Waals surface area contributed by atoms with Crippen LogP contribution in [0.4, 0.5) is 13.6 Å². The average molecular weight is 368 g/mol. The molecular formula is C18H22F2N2O4. The van der Waals surface area contributed by atoms with Crippen molar-refractivity contribution >= 4 is 12.0 Å². The van der Waals surface area contributed by atoms with E-state index in [1.54, 1.807) is 47.0 Å². The Balaban J connectivity index is 2.63. The number of carbonyl (C=O) groups excluding carboxylic acids is 2. The van der Waals surface area contributed by atoms with Crippen LogP contribution in [-0.2, 0) is 9.53 Å². The van der Waals surface area contributed by atoms with Crippen LogP contribution in [0.3, 0.4) is 0 Å². The van der Waals surface area contributed by atoms with Gasteiger partial charge in [-0.05, 0) is 49.6 Å². The summed E-state index contributed by atoms with van der Waals surface area (Å²) < 4.78 is 34.7. The summed E-state index contributed by atoms with van der Waals surface area (Å²) in [4.78, 5) is 27.7. The van der Waals surface area contributed by atoms with E-state index in [-0.39, 0.29) is 11.8 Å². The second-order valence-electron chi connectivity index (χ2n) is 6.21.